The molecule has 1 aliphatic carbocycles. The van der Waals surface area contributed by atoms with E-state index in [1.165, 1.54) is 24.1 Å². The van der Waals surface area contributed by atoms with Crippen LogP contribution in [-0.2, 0) is 12.8 Å². The van der Waals surface area contributed by atoms with Crippen LogP contribution < -0.4 is 10.1 Å². The van der Waals surface area contributed by atoms with Crippen LogP contribution in [0.15, 0.2) is 36.2 Å². The van der Waals surface area contributed by atoms with Gasteiger partial charge in [-0.25, -0.2) is 9.18 Å². The Bertz CT molecular complexity index is 893. The Morgan fingerprint density at radius 2 is 2.11 bits per heavy atom. The van der Waals surface area contributed by atoms with Gasteiger partial charge in [0.2, 0.25) is 0 Å². The number of carboxylic acid groups (broad SMARTS) is 1. The highest BCUT2D eigenvalue weighted by atomic mass is 19.1. The number of hydrogen-bond acceptors (Lipinski definition) is 3. The van der Waals surface area contributed by atoms with Gasteiger partial charge < -0.3 is 15.2 Å². The summed E-state index contributed by atoms with van der Waals surface area (Å²) >= 11 is 0. The molecule has 0 atom stereocenters. The third kappa shape index (κ3) is 5.21. The summed E-state index contributed by atoms with van der Waals surface area (Å²) in [6.07, 6.45) is 4.87. The van der Waals surface area contributed by atoms with E-state index in [0.29, 0.717) is 30.5 Å². The number of benzene rings is 1. The summed E-state index contributed by atoms with van der Waals surface area (Å²) in [6.45, 7) is 3.67. The van der Waals surface area contributed by atoms with Crippen LogP contribution in [0.2, 0.25) is 0 Å². The fraction of sp³-hybridized carbons (Fsp3) is 0.455. The van der Waals surface area contributed by atoms with Gasteiger partial charge in [0.05, 0.1) is 11.8 Å². The largest absolute Gasteiger partial charge is 0.489 e. The number of nitrogens with zero attached hydrogens (tertiary/aromatic N) is 1. The molecule has 0 saturated carbocycles. The van der Waals surface area contributed by atoms with Gasteiger partial charge in [0.15, 0.2) is 0 Å². The lowest BCUT2D eigenvalue weighted by Crippen LogP contribution is -2.42. The zero-order valence-electron chi connectivity index (χ0n) is 16.4. The number of rotatable bonds is 7. The van der Waals surface area contributed by atoms with Crippen molar-refractivity contribution in [3.63, 3.8) is 0 Å². The average Bonchev–Trinajstić information content (AvgIpc) is 2.65. The molecule has 0 aliphatic heterocycles. The second kappa shape index (κ2) is 8.59. The molecule has 3 rings (SSSR count). The van der Waals surface area contributed by atoms with Gasteiger partial charge in [0.25, 0.3) is 0 Å². The summed E-state index contributed by atoms with van der Waals surface area (Å²) < 4.78 is 19.0. The number of halogens is 1. The number of amides is 1. The molecule has 2 aromatic rings. The summed E-state index contributed by atoms with van der Waals surface area (Å²) in [6, 6.07) is 7.94. The molecule has 2 N–H and O–H groups in total. The highest BCUT2D eigenvalue weighted by molar-refractivity contribution is 5.81. The summed E-state index contributed by atoms with van der Waals surface area (Å²) in [5, 5.41) is 12.3. The highest BCUT2D eigenvalue weighted by Crippen LogP contribution is 2.27. The molecule has 0 fully saturated rings. The van der Waals surface area contributed by atoms with E-state index in [4.69, 9.17) is 14.8 Å². The number of aryl methyl sites for hydroxylation is 2. The zero-order valence-corrected chi connectivity index (χ0v) is 16.4. The predicted octanol–water partition coefficient (Wildman–Crippen LogP) is 5.17. The Hall–Kier alpha value is -2.63. The molecule has 1 aromatic carbocycles. The molecule has 28 heavy (non-hydrogen) atoms. The Morgan fingerprint density at radius 1 is 1.32 bits per heavy atom. The van der Waals surface area contributed by atoms with Crippen molar-refractivity contribution in [1.29, 1.82) is 0 Å². The fourth-order valence-corrected chi connectivity index (χ4v) is 3.53. The topological polar surface area (TPSA) is 71.5 Å². The summed E-state index contributed by atoms with van der Waals surface area (Å²) in [5.41, 5.74) is 3.33. The Balaban J connectivity index is 1.62. The minimum atomic E-state index is -1.08. The molecule has 0 saturated heterocycles. The van der Waals surface area contributed by atoms with Crippen LogP contribution in [0.5, 0.6) is 5.75 Å². The second-order valence-electron chi connectivity index (χ2n) is 8.03. The SMILES string of the molecule is CC(C)(CC/C(=C/F)COc1ccc2nc3c(cc2c1)CCCC3)NC(=O)O. The Labute approximate surface area is 164 Å². The monoisotopic (exact) mass is 386 g/mol. The van der Waals surface area contributed by atoms with Gasteiger partial charge in [0, 0.05) is 16.6 Å². The molecule has 150 valence electrons. The summed E-state index contributed by atoms with van der Waals surface area (Å²) in [4.78, 5) is 15.6. The van der Waals surface area contributed by atoms with Gasteiger partial charge in [-0.1, -0.05) is 0 Å². The van der Waals surface area contributed by atoms with E-state index in [2.05, 4.69) is 11.4 Å². The van der Waals surface area contributed by atoms with Gasteiger partial charge in [-0.15, -0.1) is 0 Å². The second-order valence-corrected chi connectivity index (χ2v) is 8.03. The van der Waals surface area contributed by atoms with Crippen LogP contribution in [0, 0.1) is 0 Å². The van der Waals surface area contributed by atoms with Crippen LogP contribution in [0.1, 0.15) is 50.8 Å². The minimum Gasteiger partial charge on any atom is -0.489 e. The smallest absolute Gasteiger partial charge is 0.405 e. The maximum Gasteiger partial charge on any atom is 0.405 e. The van der Waals surface area contributed by atoms with E-state index >= 15 is 0 Å². The van der Waals surface area contributed by atoms with Crippen LogP contribution in [0.25, 0.3) is 10.9 Å². The van der Waals surface area contributed by atoms with Crippen molar-refractivity contribution in [3.05, 3.63) is 47.4 Å². The Kier molecular flexibility index (Phi) is 6.17. The first kappa shape index (κ1) is 20.1. The van der Waals surface area contributed by atoms with Gasteiger partial charge in [0.1, 0.15) is 12.4 Å². The molecule has 1 aromatic heterocycles. The third-order valence-corrected chi connectivity index (χ3v) is 5.16. The molecule has 6 heteroatoms. The Morgan fingerprint density at radius 3 is 2.86 bits per heavy atom. The van der Waals surface area contributed by atoms with Crippen molar-refractivity contribution in [2.24, 2.45) is 0 Å². The molecule has 0 radical (unpaired) electrons. The van der Waals surface area contributed by atoms with E-state index in [1.54, 1.807) is 13.8 Å². The maximum absolute atomic E-state index is 13.3. The molecule has 5 nitrogen and oxygen atoms in total. The molecule has 1 aliphatic rings. The predicted molar refractivity (Wildman–Crippen MR) is 108 cm³/mol. The molecule has 1 amide bonds. The van der Waals surface area contributed by atoms with Crippen LogP contribution in [0.4, 0.5) is 9.18 Å². The van der Waals surface area contributed by atoms with E-state index in [9.17, 15) is 9.18 Å². The number of pyridine rings is 1. The zero-order chi connectivity index (χ0) is 20.1. The molecule has 0 spiro atoms. The van der Waals surface area contributed by atoms with Crippen molar-refractivity contribution < 1.29 is 19.0 Å². The lowest BCUT2D eigenvalue weighted by atomic mass is 9.95. The van der Waals surface area contributed by atoms with E-state index in [0.717, 1.165) is 23.7 Å². The third-order valence-electron chi connectivity index (χ3n) is 5.16. The van der Waals surface area contributed by atoms with Crippen molar-refractivity contribution >= 4 is 17.0 Å². The molecular weight excluding hydrogens is 359 g/mol. The van der Waals surface area contributed by atoms with Gasteiger partial charge in [-0.3, -0.25) is 4.98 Å². The van der Waals surface area contributed by atoms with Crippen molar-refractivity contribution in [3.8, 4) is 5.75 Å². The van der Waals surface area contributed by atoms with Crippen LogP contribution in [0.3, 0.4) is 0 Å². The highest BCUT2D eigenvalue weighted by Gasteiger charge is 2.20. The number of hydrogen-bond donors (Lipinski definition) is 2. The molecule has 1 heterocycles. The van der Waals surface area contributed by atoms with Crippen LogP contribution >= 0.6 is 0 Å². The molecule has 0 bridgehead atoms. The average molecular weight is 386 g/mol. The lowest BCUT2D eigenvalue weighted by Gasteiger charge is -2.24. The van der Waals surface area contributed by atoms with E-state index in [-0.39, 0.29) is 6.61 Å². The van der Waals surface area contributed by atoms with E-state index < -0.39 is 11.6 Å². The number of carbonyl (C=O) groups is 1. The summed E-state index contributed by atoms with van der Waals surface area (Å²) in [7, 11) is 0. The quantitative estimate of drug-likeness (QED) is 0.688. The van der Waals surface area contributed by atoms with Gasteiger partial charge in [-0.2, -0.15) is 0 Å². The van der Waals surface area contributed by atoms with Gasteiger partial charge >= 0.3 is 6.09 Å². The first-order valence-electron chi connectivity index (χ1n) is 9.71. The number of aromatic nitrogens is 1. The molecular formula is C22H27FN2O3. The van der Waals surface area contributed by atoms with Gasteiger partial charge in [-0.05, 0) is 87.8 Å². The first-order valence-corrected chi connectivity index (χ1v) is 9.71. The number of fused-ring (bicyclic) bond motifs is 2. The lowest BCUT2D eigenvalue weighted by molar-refractivity contribution is 0.180. The normalized spacial score (nSPS) is 14.6. The minimum absolute atomic E-state index is 0.128. The standard InChI is InChI=1S/C22H27FN2O3/c1-22(2,25-21(26)27)10-9-15(13-23)14-28-18-7-8-20-17(12-18)11-16-5-3-4-6-19(16)24-20/h7-8,11-13,25H,3-6,9-10,14H2,1-2H3,(H,26,27)/b15-13-. The number of nitrogens with one attached hydrogen (secondary N) is 1. The summed E-state index contributed by atoms with van der Waals surface area (Å²) in [5.74, 6) is 0.673. The fourth-order valence-electron chi connectivity index (χ4n) is 3.53. The van der Waals surface area contributed by atoms with Crippen molar-refractivity contribution in [1.82, 2.24) is 10.3 Å². The first-order chi connectivity index (χ1) is 13.4. The maximum atomic E-state index is 13.3. The van der Waals surface area contributed by atoms with Crippen LogP contribution in [-0.4, -0.2) is 28.3 Å². The van der Waals surface area contributed by atoms with E-state index in [1.807, 2.05) is 18.2 Å². The van der Waals surface area contributed by atoms with Crippen molar-refractivity contribution in [2.75, 3.05) is 6.61 Å². The number of ether oxygens (including phenoxy) is 1. The molecule has 0 unspecified atom stereocenters. The van der Waals surface area contributed by atoms with Crippen molar-refractivity contribution in [2.45, 2.75) is 57.9 Å².